The summed E-state index contributed by atoms with van der Waals surface area (Å²) in [6.07, 6.45) is -0.248. The summed E-state index contributed by atoms with van der Waals surface area (Å²) in [7, 11) is 1.50. The minimum Gasteiger partial charge on any atom is -0.496 e. The zero-order valence-corrected chi connectivity index (χ0v) is 13.0. The predicted octanol–water partition coefficient (Wildman–Crippen LogP) is 2.45. The highest BCUT2D eigenvalue weighted by molar-refractivity contribution is 6.04. The molecule has 0 aliphatic carbocycles. The van der Waals surface area contributed by atoms with Gasteiger partial charge in [-0.15, -0.1) is 0 Å². The Morgan fingerprint density at radius 3 is 2.48 bits per heavy atom. The highest BCUT2D eigenvalue weighted by Crippen LogP contribution is 2.25. The molecule has 0 saturated carbocycles. The van der Waals surface area contributed by atoms with Gasteiger partial charge in [0.05, 0.1) is 25.1 Å². The molecule has 0 bridgehead atoms. The number of hydrogen-bond donors (Lipinski definition) is 2. The maximum Gasteiger partial charge on any atom is 0.305 e. The lowest BCUT2D eigenvalue weighted by molar-refractivity contribution is -0.137. The third-order valence-electron chi connectivity index (χ3n) is 3.30. The molecule has 0 spiro atoms. The first-order chi connectivity index (χ1) is 9.90. The Bertz CT molecular complexity index is 511. The molecule has 0 radical (unpaired) electrons. The summed E-state index contributed by atoms with van der Waals surface area (Å²) in [4.78, 5) is 23.5. The molecule has 1 aromatic carbocycles. The molecule has 21 heavy (non-hydrogen) atoms. The van der Waals surface area contributed by atoms with Crippen molar-refractivity contribution in [3.05, 3.63) is 29.3 Å². The number of likely N-dealkylation sites (N-methyl/N-ethyl adjacent to an activating group) is 1. The summed E-state index contributed by atoms with van der Waals surface area (Å²) in [5.74, 6) is -0.510. The molecule has 1 aromatic rings. The van der Waals surface area contributed by atoms with Crippen LogP contribution >= 0.6 is 0 Å². The van der Waals surface area contributed by atoms with E-state index in [4.69, 9.17) is 9.84 Å². The van der Waals surface area contributed by atoms with Crippen LogP contribution in [0, 0.1) is 0 Å². The van der Waals surface area contributed by atoms with Gasteiger partial charge < -0.3 is 15.2 Å². The number of nitrogens with one attached hydrogen (secondary N) is 1. The van der Waals surface area contributed by atoms with Crippen molar-refractivity contribution in [2.75, 3.05) is 13.7 Å². The smallest absolute Gasteiger partial charge is 0.305 e. The third kappa shape index (κ3) is 4.56. The Morgan fingerprint density at radius 2 is 2.00 bits per heavy atom. The lowest BCUT2D eigenvalue weighted by Gasteiger charge is -2.18. The first-order valence-corrected chi connectivity index (χ1v) is 7.08. The molecule has 5 nitrogen and oxygen atoms in total. The van der Waals surface area contributed by atoms with Gasteiger partial charge in [-0.2, -0.15) is 0 Å². The van der Waals surface area contributed by atoms with Gasteiger partial charge in [-0.25, -0.2) is 0 Å². The van der Waals surface area contributed by atoms with Crippen molar-refractivity contribution < 1.29 is 19.4 Å². The fourth-order valence-electron chi connectivity index (χ4n) is 2.14. The van der Waals surface area contributed by atoms with E-state index in [9.17, 15) is 9.59 Å². The molecule has 2 N–H and O–H groups in total. The summed E-state index contributed by atoms with van der Waals surface area (Å²) in [5, 5.41) is 11.9. The number of methoxy groups -OCH3 is 1. The molecule has 0 heterocycles. The molecule has 0 aliphatic heterocycles. The number of carboxylic acid groups (broad SMARTS) is 1. The number of aliphatic carboxylic acids is 1. The molecule has 0 aromatic heterocycles. The molecule has 0 amide bonds. The molecule has 0 fully saturated rings. The van der Waals surface area contributed by atoms with Gasteiger partial charge in [-0.3, -0.25) is 9.59 Å². The SMILES string of the molecule is CCNC(CC(=O)O)C(=O)c1cc(C(C)C)ccc1OC. The zero-order chi connectivity index (χ0) is 16.0. The van der Waals surface area contributed by atoms with E-state index in [0.29, 0.717) is 17.9 Å². The van der Waals surface area contributed by atoms with Crippen LogP contribution in [0.3, 0.4) is 0 Å². The lowest BCUT2D eigenvalue weighted by atomic mass is 9.95. The van der Waals surface area contributed by atoms with Crippen LogP contribution in [0.2, 0.25) is 0 Å². The molecule has 0 saturated heterocycles. The fraction of sp³-hybridized carbons (Fsp3) is 0.500. The number of carbonyl (C=O) groups is 2. The number of Topliss-reactive ketones (excluding diaryl/α,β-unsaturated/α-hetero) is 1. The van der Waals surface area contributed by atoms with Gasteiger partial charge in [-0.1, -0.05) is 26.8 Å². The number of benzene rings is 1. The Balaban J connectivity index is 3.17. The van der Waals surface area contributed by atoms with E-state index in [1.54, 1.807) is 12.1 Å². The van der Waals surface area contributed by atoms with Crippen molar-refractivity contribution in [2.24, 2.45) is 0 Å². The Morgan fingerprint density at radius 1 is 1.33 bits per heavy atom. The average molecular weight is 293 g/mol. The first-order valence-electron chi connectivity index (χ1n) is 7.08. The molecular formula is C16H23NO4. The summed E-state index contributed by atoms with van der Waals surface area (Å²) in [5.41, 5.74) is 1.45. The highest BCUT2D eigenvalue weighted by atomic mass is 16.5. The van der Waals surface area contributed by atoms with Gasteiger partial charge >= 0.3 is 5.97 Å². The quantitative estimate of drug-likeness (QED) is 0.720. The number of ether oxygens (including phenoxy) is 1. The van der Waals surface area contributed by atoms with Crippen molar-refractivity contribution in [1.29, 1.82) is 0 Å². The van der Waals surface area contributed by atoms with E-state index in [-0.39, 0.29) is 18.1 Å². The average Bonchev–Trinajstić information content (AvgIpc) is 2.44. The van der Waals surface area contributed by atoms with E-state index >= 15 is 0 Å². The topological polar surface area (TPSA) is 75.6 Å². The van der Waals surface area contributed by atoms with Crippen LogP contribution in [0.25, 0.3) is 0 Å². The fourth-order valence-corrected chi connectivity index (χ4v) is 2.14. The third-order valence-corrected chi connectivity index (χ3v) is 3.30. The van der Waals surface area contributed by atoms with Crippen LogP contribution in [-0.4, -0.2) is 36.6 Å². The van der Waals surface area contributed by atoms with Crippen LogP contribution in [0.1, 0.15) is 49.0 Å². The van der Waals surface area contributed by atoms with Gasteiger partial charge in [-0.05, 0) is 30.2 Å². The number of carbonyl (C=O) groups excluding carboxylic acids is 1. The van der Waals surface area contributed by atoms with Crippen molar-refractivity contribution in [3.63, 3.8) is 0 Å². The van der Waals surface area contributed by atoms with Gasteiger partial charge in [0.25, 0.3) is 0 Å². The van der Waals surface area contributed by atoms with Crippen LogP contribution < -0.4 is 10.1 Å². The second kappa shape index (κ2) is 7.78. The van der Waals surface area contributed by atoms with Crippen molar-refractivity contribution >= 4 is 11.8 Å². The van der Waals surface area contributed by atoms with Gasteiger partial charge in [0.1, 0.15) is 5.75 Å². The largest absolute Gasteiger partial charge is 0.496 e. The van der Waals surface area contributed by atoms with Crippen molar-refractivity contribution in [2.45, 2.75) is 39.2 Å². The van der Waals surface area contributed by atoms with E-state index in [0.717, 1.165) is 5.56 Å². The summed E-state index contributed by atoms with van der Waals surface area (Å²) in [6.45, 7) is 6.43. The maximum absolute atomic E-state index is 12.6. The van der Waals surface area contributed by atoms with E-state index in [1.165, 1.54) is 7.11 Å². The molecule has 116 valence electrons. The first kappa shape index (κ1) is 17.2. The monoisotopic (exact) mass is 293 g/mol. The van der Waals surface area contributed by atoms with Gasteiger partial charge in [0, 0.05) is 0 Å². The van der Waals surface area contributed by atoms with Gasteiger partial charge in [0.15, 0.2) is 5.78 Å². The summed E-state index contributed by atoms with van der Waals surface area (Å²) < 4.78 is 5.24. The number of rotatable bonds is 8. The lowest BCUT2D eigenvalue weighted by Crippen LogP contribution is -2.38. The second-order valence-corrected chi connectivity index (χ2v) is 5.19. The van der Waals surface area contributed by atoms with E-state index in [1.807, 2.05) is 26.8 Å². The number of ketones is 1. The van der Waals surface area contributed by atoms with Crippen molar-refractivity contribution in [3.8, 4) is 5.75 Å². The van der Waals surface area contributed by atoms with Crippen LogP contribution in [0.4, 0.5) is 0 Å². The molecule has 1 atom stereocenters. The van der Waals surface area contributed by atoms with E-state index < -0.39 is 12.0 Å². The minimum absolute atomic E-state index is 0.248. The van der Waals surface area contributed by atoms with Crippen molar-refractivity contribution in [1.82, 2.24) is 5.32 Å². The molecular weight excluding hydrogens is 270 g/mol. The predicted molar refractivity (Wildman–Crippen MR) is 81.1 cm³/mol. The zero-order valence-electron chi connectivity index (χ0n) is 13.0. The molecule has 5 heteroatoms. The van der Waals surface area contributed by atoms with Crippen LogP contribution in [0.5, 0.6) is 5.75 Å². The Kier molecular flexibility index (Phi) is 6.37. The summed E-state index contributed by atoms with van der Waals surface area (Å²) >= 11 is 0. The van der Waals surface area contributed by atoms with Crippen LogP contribution in [-0.2, 0) is 4.79 Å². The number of hydrogen-bond acceptors (Lipinski definition) is 4. The molecule has 1 rings (SSSR count). The standard InChI is InChI=1S/C16H23NO4/c1-5-17-13(9-15(18)19)16(20)12-8-11(10(2)3)6-7-14(12)21-4/h6-8,10,13,17H,5,9H2,1-4H3,(H,18,19). The number of carboxylic acids is 1. The Labute approximate surface area is 125 Å². The molecule has 0 aliphatic rings. The van der Waals surface area contributed by atoms with Crippen LogP contribution in [0.15, 0.2) is 18.2 Å². The second-order valence-electron chi connectivity index (χ2n) is 5.19. The summed E-state index contributed by atoms with van der Waals surface area (Å²) in [6, 6.07) is 4.72. The molecule has 1 unspecified atom stereocenters. The maximum atomic E-state index is 12.6. The minimum atomic E-state index is -1.01. The van der Waals surface area contributed by atoms with E-state index in [2.05, 4.69) is 5.32 Å². The Hall–Kier alpha value is -1.88. The normalized spacial score (nSPS) is 12.2. The van der Waals surface area contributed by atoms with Gasteiger partial charge in [0.2, 0.25) is 0 Å². The highest BCUT2D eigenvalue weighted by Gasteiger charge is 2.25.